The van der Waals surface area contributed by atoms with Gasteiger partial charge in [0.25, 0.3) is 0 Å². The van der Waals surface area contributed by atoms with Crippen LogP contribution in [0.3, 0.4) is 0 Å². The zero-order valence-electron chi connectivity index (χ0n) is 12.7. The summed E-state index contributed by atoms with van der Waals surface area (Å²) in [5.74, 6) is 0. The lowest BCUT2D eigenvalue weighted by Crippen LogP contribution is -2.32. The Morgan fingerprint density at radius 2 is 1.62 bits per heavy atom. The van der Waals surface area contributed by atoms with Crippen molar-refractivity contribution >= 4 is 0 Å². The largest absolute Gasteiger partial charge is 0.307 e. The Hall–Kier alpha value is -1.60. The lowest BCUT2D eigenvalue weighted by Gasteiger charge is -2.20. The Balaban J connectivity index is 1.46. The molecule has 0 spiro atoms. The average Bonchev–Trinajstić information content (AvgIpc) is 3.11. The Kier molecular flexibility index (Phi) is 3.31. The summed E-state index contributed by atoms with van der Waals surface area (Å²) in [5.41, 5.74) is 7.65. The van der Waals surface area contributed by atoms with Crippen molar-refractivity contribution in [2.45, 2.75) is 51.1 Å². The second-order valence-electron chi connectivity index (χ2n) is 6.64. The van der Waals surface area contributed by atoms with Crippen LogP contribution in [0.1, 0.15) is 47.2 Å². The summed E-state index contributed by atoms with van der Waals surface area (Å²) in [6, 6.07) is 17.0. The van der Waals surface area contributed by atoms with Crippen LogP contribution in [0.25, 0.3) is 0 Å². The number of hydrogen-bond donors (Lipinski definition) is 1. The first-order chi connectivity index (χ1) is 10.3. The fraction of sp³-hybridized carbons (Fsp3) is 0.400. The van der Waals surface area contributed by atoms with Gasteiger partial charge in [-0.15, -0.1) is 0 Å². The molecule has 2 aromatic rings. The Morgan fingerprint density at radius 1 is 0.905 bits per heavy atom. The van der Waals surface area contributed by atoms with Crippen LogP contribution in [-0.4, -0.2) is 6.04 Å². The molecule has 0 aliphatic heterocycles. The summed E-state index contributed by atoms with van der Waals surface area (Å²) in [5, 5.41) is 3.83. The highest BCUT2D eigenvalue weighted by Crippen LogP contribution is 2.27. The van der Waals surface area contributed by atoms with E-state index in [0.717, 1.165) is 0 Å². The van der Waals surface area contributed by atoms with Gasteiger partial charge in [0.05, 0.1) is 0 Å². The zero-order valence-corrected chi connectivity index (χ0v) is 12.7. The Labute approximate surface area is 127 Å². The molecule has 0 bridgehead atoms. The summed E-state index contributed by atoms with van der Waals surface area (Å²) in [4.78, 5) is 0. The van der Waals surface area contributed by atoms with E-state index in [9.17, 15) is 0 Å². The van der Waals surface area contributed by atoms with Crippen LogP contribution in [0.4, 0.5) is 0 Å². The molecule has 1 N–H and O–H groups in total. The van der Waals surface area contributed by atoms with Gasteiger partial charge in [-0.2, -0.15) is 0 Å². The van der Waals surface area contributed by atoms with Gasteiger partial charge in [0.1, 0.15) is 0 Å². The monoisotopic (exact) mass is 277 g/mol. The maximum atomic E-state index is 3.83. The molecule has 4 rings (SSSR count). The smallest absolute Gasteiger partial charge is 0.0294 e. The number of rotatable bonds is 3. The molecule has 2 aliphatic carbocycles. The van der Waals surface area contributed by atoms with E-state index in [-0.39, 0.29) is 0 Å². The molecule has 0 aromatic heterocycles. The number of aryl methyl sites for hydroxylation is 2. The van der Waals surface area contributed by atoms with Gasteiger partial charge < -0.3 is 5.32 Å². The molecule has 0 saturated carbocycles. The molecule has 2 aliphatic rings. The molecule has 0 amide bonds. The summed E-state index contributed by atoms with van der Waals surface area (Å²) >= 11 is 0. The highest BCUT2D eigenvalue weighted by molar-refractivity contribution is 5.37. The van der Waals surface area contributed by atoms with Crippen molar-refractivity contribution in [1.82, 2.24) is 5.32 Å². The predicted molar refractivity (Wildman–Crippen MR) is 87.7 cm³/mol. The quantitative estimate of drug-likeness (QED) is 0.894. The van der Waals surface area contributed by atoms with Gasteiger partial charge in [-0.3, -0.25) is 0 Å². The molecule has 108 valence electrons. The molecule has 0 radical (unpaired) electrons. The van der Waals surface area contributed by atoms with E-state index < -0.39 is 0 Å². The van der Waals surface area contributed by atoms with Crippen molar-refractivity contribution in [3.8, 4) is 0 Å². The second kappa shape index (κ2) is 5.31. The summed E-state index contributed by atoms with van der Waals surface area (Å²) < 4.78 is 0. The van der Waals surface area contributed by atoms with Gasteiger partial charge in [-0.25, -0.2) is 0 Å². The Morgan fingerprint density at radius 3 is 2.38 bits per heavy atom. The van der Waals surface area contributed by atoms with Crippen molar-refractivity contribution in [2.24, 2.45) is 0 Å². The lowest BCUT2D eigenvalue weighted by atomic mass is 10.0. The Bertz CT molecular complexity index is 634. The van der Waals surface area contributed by atoms with Crippen molar-refractivity contribution in [3.63, 3.8) is 0 Å². The van der Waals surface area contributed by atoms with E-state index in [1.165, 1.54) is 48.8 Å². The molecule has 0 saturated heterocycles. The van der Waals surface area contributed by atoms with Gasteiger partial charge >= 0.3 is 0 Å². The fourth-order valence-electron chi connectivity index (χ4n) is 3.99. The molecule has 1 unspecified atom stereocenters. The normalized spacial score (nSPS) is 18.5. The average molecular weight is 277 g/mol. The van der Waals surface area contributed by atoms with Gasteiger partial charge in [0.2, 0.25) is 0 Å². The molecular weight excluding hydrogens is 254 g/mol. The zero-order chi connectivity index (χ0) is 14.2. The van der Waals surface area contributed by atoms with Gasteiger partial charge in [-0.1, -0.05) is 42.5 Å². The maximum absolute atomic E-state index is 3.83. The first kappa shape index (κ1) is 13.1. The van der Waals surface area contributed by atoms with E-state index >= 15 is 0 Å². The fourth-order valence-corrected chi connectivity index (χ4v) is 3.99. The minimum Gasteiger partial charge on any atom is -0.307 e. The maximum Gasteiger partial charge on any atom is 0.0294 e. The van der Waals surface area contributed by atoms with E-state index in [1.807, 2.05) is 0 Å². The van der Waals surface area contributed by atoms with E-state index in [1.54, 1.807) is 11.1 Å². The topological polar surface area (TPSA) is 12.0 Å². The van der Waals surface area contributed by atoms with Crippen LogP contribution in [0.5, 0.6) is 0 Å². The highest BCUT2D eigenvalue weighted by Gasteiger charge is 2.23. The molecule has 0 heterocycles. The van der Waals surface area contributed by atoms with Crippen LogP contribution >= 0.6 is 0 Å². The van der Waals surface area contributed by atoms with Gasteiger partial charge in [0.15, 0.2) is 0 Å². The van der Waals surface area contributed by atoms with Crippen molar-refractivity contribution in [3.05, 3.63) is 70.3 Å². The van der Waals surface area contributed by atoms with E-state index in [2.05, 4.69) is 54.7 Å². The minimum atomic E-state index is 0.440. The summed E-state index contributed by atoms with van der Waals surface area (Å²) in [7, 11) is 0. The summed E-state index contributed by atoms with van der Waals surface area (Å²) in [6.45, 7) is 2.31. The summed E-state index contributed by atoms with van der Waals surface area (Å²) in [6.07, 6.45) is 6.22. The molecule has 0 fully saturated rings. The molecule has 1 heteroatoms. The van der Waals surface area contributed by atoms with Crippen molar-refractivity contribution in [1.29, 1.82) is 0 Å². The highest BCUT2D eigenvalue weighted by atomic mass is 14.9. The van der Waals surface area contributed by atoms with Crippen LogP contribution in [-0.2, 0) is 25.7 Å². The molecule has 21 heavy (non-hydrogen) atoms. The second-order valence-corrected chi connectivity index (χ2v) is 6.64. The standard InChI is InChI=1S/C20H23N/c1-14(16-10-9-15-7-4-8-17(15)11-16)21-20-12-18-5-2-3-6-19(18)13-20/h2-3,5-6,9-11,14,20-21H,4,7-8,12-13H2,1H3. The van der Waals surface area contributed by atoms with Crippen LogP contribution in [0, 0.1) is 0 Å². The van der Waals surface area contributed by atoms with Crippen molar-refractivity contribution in [2.75, 3.05) is 0 Å². The first-order valence-electron chi connectivity index (χ1n) is 8.24. The molecule has 1 atom stereocenters. The molecule has 2 aromatic carbocycles. The predicted octanol–water partition coefficient (Wildman–Crippen LogP) is 3.99. The number of hydrogen-bond acceptors (Lipinski definition) is 1. The van der Waals surface area contributed by atoms with Crippen LogP contribution in [0.2, 0.25) is 0 Å². The third-order valence-electron chi connectivity index (χ3n) is 5.16. The number of benzene rings is 2. The van der Waals surface area contributed by atoms with Crippen molar-refractivity contribution < 1.29 is 0 Å². The van der Waals surface area contributed by atoms with E-state index in [4.69, 9.17) is 0 Å². The third-order valence-corrected chi connectivity index (χ3v) is 5.16. The van der Waals surface area contributed by atoms with E-state index in [0.29, 0.717) is 12.1 Å². The minimum absolute atomic E-state index is 0.440. The SMILES string of the molecule is CC(NC1Cc2ccccc2C1)c1ccc2c(c1)CCC2. The molecular formula is C20H23N. The number of fused-ring (bicyclic) bond motifs is 2. The third kappa shape index (κ3) is 2.51. The van der Waals surface area contributed by atoms with Gasteiger partial charge in [0, 0.05) is 12.1 Å². The number of nitrogens with one attached hydrogen (secondary N) is 1. The molecule has 1 nitrogen and oxygen atoms in total. The van der Waals surface area contributed by atoms with Crippen LogP contribution in [0.15, 0.2) is 42.5 Å². The van der Waals surface area contributed by atoms with Crippen LogP contribution < -0.4 is 5.32 Å². The first-order valence-corrected chi connectivity index (χ1v) is 8.24. The van der Waals surface area contributed by atoms with Gasteiger partial charge in [-0.05, 0) is 66.8 Å². The lowest BCUT2D eigenvalue weighted by molar-refractivity contribution is 0.467.